The van der Waals surface area contributed by atoms with Gasteiger partial charge in [0.25, 0.3) is 0 Å². The molecule has 9 nitrogen and oxygen atoms in total. The largest absolute Gasteiger partial charge is 0.379 e. The Hall–Kier alpha value is -2.65. The number of nitrogens with one attached hydrogen (secondary N) is 2. The van der Waals surface area contributed by atoms with Crippen molar-refractivity contribution in [2.45, 2.75) is 51.9 Å². The number of morpholine rings is 1. The lowest BCUT2D eigenvalue weighted by Gasteiger charge is -2.27. The van der Waals surface area contributed by atoms with Crippen molar-refractivity contribution >= 4 is 6.03 Å². The Kier molecular flexibility index (Phi) is 7.37. The van der Waals surface area contributed by atoms with Gasteiger partial charge < -0.3 is 15.4 Å². The minimum absolute atomic E-state index is 0.0315. The number of aryl methyl sites for hydroxylation is 2. The number of ether oxygens (including phenoxy) is 1. The molecule has 1 fully saturated rings. The van der Waals surface area contributed by atoms with E-state index in [-0.39, 0.29) is 11.7 Å². The molecular formula is C22H32N6O3. The number of carbonyl (C=O) groups excluding carboxylic acids is 1. The summed E-state index contributed by atoms with van der Waals surface area (Å²) in [5.74, 6) is 0.887. The minimum Gasteiger partial charge on any atom is -0.379 e. The molecule has 4 rings (SSSR count). The highest BCUT2D eigenvalue weighted by molar-refractivity contribution is 5.73. The maximum Gasteiger partial charge on any atom is 0.345 e. The number of aromatic nitrogens is 3. The molecule has 31 heavy (non-hydrogen) atoms. The highest BCUT2D eigenvalue weighted by Gasteiger charge is 2.16. The molecule has 3 heterocycles. The van der Waals surface area contributed by atoms with E-state index in [9.17, 15) is 9.59 Å². The Morgan fingerprint density at radius 3 is 2.68 bits per heavy atom. The minimum atomic E-state index is -0.197. The molecule has 9 heteroatoms. The van der Waals surface area contributed by atoms with Crippen molar-refractivity contribution in [2.75, 3.05) is 32.8 Å². The Bertz CT molecular complexity index is 932. The van der Waals surface area contributed by atoms with E-state index in [4.69, 9.17) is 4.74 Å². The average molecular weight is 429 g/mol. The molecule has 1 aromatic heterocycles. The number of hydrogen-bond acceptors (Lipinski definition) is 5. The molecule has 2 aliphatic rings. The van der Waals surface area contributed by atoms with Crippen molar-refractivity contribution in [2.24, 2.45) is 0 Å². The molecule has 0 spiro atoms. The summed E-state index contributed by atoms with van der Waals surface area (Å²) >= 11 is 0. The van der Waals surface area contributed by atoms with E-state index in [2.05, 4.69) is 32.8 Å². The van der Waals surface area contributed by atoms with Crippen LogP contribution in [0.2, 0.25) is 0 Å². The summed E-state index contributed by atoms with van der Waals surface area (Å²) in [4.78, 5) is 26.9. The molecular weight excluding hydrogens is 396 g/mol. The Labute approximate surface area is 182 Å². The number of benzene rings is 1. The summed E-state index contributed by atoms with van der Waals surface area (Å²) < 4.78 is 8.72. The van der Waals surface area contributed by atoms with Crippen LogP contribution in [0.5, 0.6) is 0 Å². The monoisotopic (exact) mass is 428 g/mol. The van der Waals surface area contributed by atoms with Crippen molar-refractivity contribution in [1.82, 2.24) is 29.9 Å². The molecule has 168 valence electrons. The van der Waals surface area contributed by atoms with Crippen LogP contribution in [-0.2, 0) is 37.3 Å². The van der Waals surface area contributed by atoms with E-state index in [1.54, 1.807) is 4.57 Å². The SMILES string of the molecule is O=C(NCCCn1nc2n(c1=O)CCCC2)NCc1ccccc1CN1CCOCC1. The summed E-state index contributed by atoms with van der Waals surface area (Å²) in [6, 6.07) is 8.02. The molecule has 0 radical (unpaired) electrons. The van der Waals surface area contributed by atoms with Gasteiger partial charge in [0.15, 0.2) is 0 Å². The third-order valence-corrected chi connectivity index (χ3v) is 5.92. The number of amides is 2. The van der Waals surface area contributed by atoms with Gasteiger partial charge in [0, 0.05) is 52.2 Å². The molecule has 2 aromatic rings. The second kappa shape index (κ2) is 10.6. The van der Waals surface area contributed by atoms with E-state index < -0.39 is 0 Å². The lowest BCUT2D eigenvalue weighted by atomic mass is 10.1. The second-order valence-electron chi connectivity index (χ2n) is 8.15. The third-order valence-electron chi connectivity index (χ3n) is 5.92. The van der Waals surface area contributed by atoms with Crippen molar-refractivity contribution in [3.8, 4) is 0 Å². The Balaban J connectivity index is 1.20. The standard InChI is InChI=1S/C22H32N6O3/c29-21(23-9-5-11-28-22(30)27-10-4-3-8-20(27)25-28)24-16-18-6-1-2-7-19(18)17-26-12-14-31-15-13-26/h1-2,6-7H,3-5,8-17H2,(H2,23,24,29). The zero-order chi connectivity index (χ0) is 21.5. The van der Waals surface area contributed by atoms with Crippen LogP contribution in [0.25, 0.3) is 0 Å². The van der Waals surface area contributed by atoms with Gasteiger partial charge in [0.2, 0.25) is 0 Å². The first-order chi connectivity index (χ1) is 15.2. The molecule has 2 aliphatic heterocycles. The molecule has 1 saturated heterocycles. The molecule has 0 aliphatic carbocycles. The maximum atomic E-state index is 12.3. The van der Waals surface area contributed by atoms with Crippen LogP contribution in [0.3, 0.4) is 0 Å². The van der Waals surface area contributed by atoms with Crippen molar-refractivity contribution in [3.63, 3.8) is 0 Å². The summed E-state index contributed by atoms with van der Waals surface area (Å²) in [7, 11) is 0. The first kappa shape index (κ1) is 21.6. The number of carbonyl (C=O) groups is 1. The zero-order valence-corrected chi connectivity index (χ0v) is 18.0. The van der Waals surface area contributed by atoms with Crippen LogP contribution < -0.4 is 16.3 Å². The summed E-state index contributed by atoms with van der Waals surface area (Å²) in [6.45, 7) is 6.55. The molecule has 0 bridgehead atoms. The molecule has 0 saturated carbocycles. The summed E-state index contributed by atoms with van der Waals surface area (Å²) in [5.41, 5.74) is 2.32. The highest BCUT2D eigenvalue weighted by atomic mass is 16.5. The first-order valence-electron chi connectivity index (χ1n) is 11.3. The van der Waals surface area contributed by atoms with E-state index in [0.717, 1.165) is 70.0 Å². The van der Waals surface area contributed by atoms with Crippen molar-refractivity contribution < 1.29 is 9.53 Å². The lowest BCUT2D eigenvalue weighted by molar-refractivity contribution is 0.0341. The third kappa shape index (κ3) is 5.74. The lowest BCUT2D eigenvalue weighted by Crippen LogP contribution is -2.37. The van der Waals surface area contributed by atoms with Crippen LogP contribution in [0.15, 0.2) is 29.1 Å². The van der Waals surface area contributed by atoms with Gasteiger partial charge in [0.1, 0.15) is 5.82 Å². The van der Waals surface area contributed by atoms with E-state index in [1.807, 2.05) is 12.1 Å². The van der Waals surface area contributed by atoms with Crippen LogP contribution in [0.4, 0.5) is 4.79 Å². The number of nitrogens with zero attached hydrogens (tertiary/aromatic N) is 4. The van der Waals surface area contributed by atoms with Gasteiger partial charge in [-0.2, -0.15) is 5.10 Å². The number of hydrogen-bond donors (Lipinski definition) is 2. The van der Waals surface area contributed by atoms with Crippen LogP contribution in [-0.4, -0.2) is 58.1 Å². The van der Waals surface area contributed by atoms with Gasteiger partial charge in [-0.05, 0) is 30.4 Å². The van der Waals surface area contributed by atoms with Crippen LogP contribution in [0.1, 0.15) is 36.2 Å². The highest BCUT2D eigenvalue weighted by Crippen LogP contribution is 2.13. The fraction of sp³-hybridized carbons (Fsp3) is 0.591. The van der Waals surface area contributed by atoms with Gasteiger partial charge in [-0.1, -0.05) is 24.3 Å². The fourth-order valence-corrected chi connectivity index (χ4v) is 4.15. The maximum absolute atomic E-state index is 12.3. The van der Waals surface area contributed by atoms with Crippen molar-refractivity contribution in [1.29, 1.82) is 0 Å². The van der Waals surface area contributed by atoms with Gasteiger partial charge in [-0.15, -0.1) is 0 Å². The number of rotatable bonds is 8. The molecule has 0 atom stereocenters. The van der Waals surface area contributed by atoms with Gasteiger partial charge >= 0.3 is 11.7 Å². The summed E-state index contributed by atoms with van der Waals surface area (Å²) in [6.07, 6.45) is 3.66. The zero-order valence-electron chi connectivity index (χ0n) is 18.0. The Morgan fingerprint density at radius 1 is 1.06 bits per heavy atom. The van der Waals surface area contributed by atoms with Crippen LogP contribution >= 0.6 is 0 Å². The smallest absolute Gasteiger partial charge is 0.345 e. The molecule has 2 N–H and O–H groups in total. The van der Waals surface area contributed by atoms with E-state index >= 15 is 0 Å². The molecule has 0 unspecified atom stereocenters. The molecule has 2 amide bonds. The summed E-state index contributed by atoms with van der Waals surface area (Å²) in [5, 5.41) is 10.3. The van der Waals surface area contributed by atoms with E-state index in [0.29, 0.717) is 26.1 Å². The number of fused-ring (bicyclic) bond motifs is 1. The average Bonchev–Trinajstić information content (AvgIpc) is 3.12. The predicted octanol–water partition coefficient (Wildman–Crippen LogP) is 1.10. The predicted molar refractivity (Wildman–Crippen MR) is 117 cm³/mol. The first-order valence-corrected chi connectivity index (χ1v) is 11.3. The quantitative estimate of drug-likeness (QED) is 0.615. The van der Waals surface area contributed by atoms with Gasteiger partial charge in [-0.3, -0.25) is 9.47 Å². The number of urea groups is 1. The second-order valence-corrected chi connectivity index (χ2v) is 8.15. The van der Waals surface area contributed by atoms with Crippen LogP contribution in [0, 0.1) is 0 Å². The van der Waals surface area contributed by atoms with Gasteiger partial charge in [-0.25, -0.2) is 14.3 Å². The fourth-order valence-electron chi connectivity index (χ4n) is 4.15. The Morgan fingerprint density at radius 2 is 1.87 bits per heavy atom. The van der Waals surface area contributed by atoms with E-state index in [1.165, 1.54) is 10.2 Å². The van der Waals surface area contributed by atoms with Gasteiger partial charge in [0.05, 0.1) is 13.2 Å². The normalized spacial score (nSPS) is 16.6. The van der Waals surface area contributed by atoms with Crippen molar-refractivity contribution in [3.05, 3.63) is 51.7 Å². The topological polar surface area (TPSA) is 93.4 Å². The molecule has 1 aromatic carbocycles.